The lowest BCUT2D eigenvalue weighted by Gasteiger charge is -2.33. The Labute approximate surface area is 97.8 Å². The Hall–Kier alpha value is -1.10. The molecule has 16 heavy (non-hydrogen) atoms. The smallest absolute Gasteiger partial charge is 0.217 e. The Kier molecular flexibility index (Phi) is 6.72. The molecule has 2 amide bonds. The van der Waals surface area contributed by atoms with Crippen molar-refractivity contribution in [1.82, 2.24) is 10.6 Å². The van der Waals surface area contributed by atoms with E-state index in [2.05, 4.69) is 24.6 Å². The maximum Gasteiger partial charge on any atom is 0.217 e. The molecule has 0 aromatic rings. The maximum absolute atomic E-state index is 10.7. The summed E-state index contributed by atoms with van der Waals surface area (Å²) in [5.41, 5.74) is 0. The molecule has 5 heteroatoms. The van der Waals surface area contributed by atoms with E-state index in [-0.39, 0.29) is 11.8 Å². The molecule has 94 valence electrons. The maximum atomic E-state index is 10.7. The van der Waals surface area contributed by atoms with Crippen LogP contribution in [-0.2, 0) is 9.59 Å². The third kappa shape index (κ3) is 7.23. The number of nitrogens with one attached hydrogen (secondary N) is 2. The summed E-state index contributed by atoms with van der Waals surface area (Å²) >= 11 is 0. The van der Waals surface area contributed by atoms with Crippen molar-refractivity contribution in [3.8, 4) is 0 Å². The molecule has 0 aromatic heterocycles. The highest BCUT2D eigenvalue weighted by atomic mass is 16.2. The lowest BCUT2D eigenvalue weighted by Crippen LogP contribution is -2.51. The largest absolute Gasteiger partial charge is 0.351 e. The summed E-state index contributed by atoms with van der Waals surface area (Å²) in [6.45, 7) is 9.27. The third-order valence-corrected chi connectivity index (χ3v) is 2.81. The molecule has 0 aliphatic heterocycles. The van der Waals surface area contributed by atoms with Gasteiger partial charge in [-0.15, -0.1) is 0 Å². The number of carbonyl (C=O) groups excluding carboxylic acids is 2. The van der Waals surface area contributed by atoms with Gasteiger partial charge in [-0.25, -0.2) is 0 Å². The molecular formula is C11H24N3O2+. The summed E-state index contributed by atoms with van der Waals surface area (Å²) in [6.07, 6.45) is 0. The number of quaternary nitrogens is 1. The van der Waals surface area contributed by atoms with E-state index in [0.717, 1.165) is 24.1 Å². The lowest BCUT2D eigenvalue weighted by atomic mass is 10.3. The van der Waals surface area contributed by atoms with Crippen molar-refractivity contribution in [2.24, 2.45) is 0 Å². The van der Waals surface area contributed by atoms with E-state index in [0.29, 0.717) is 13.1 Å². The molecular weight excluding hydrogens is 206 g/mol. The molecule has 0 radical (unpaired) electrons. The van der Waals surface area contributed by atoms with Crippen LogP contribution in [-0.4, -0.2) is 56.1 Å². The number of likely N-dealkylation sites (N-methyl/N-ethyl adjacent to an activating group) is 1. The minimum atomic E-state index is 0.00418. The molecule has 0 aliphatic rings. The third-order valence-electron chi connectivity index (χ3n) is 2.81. The Morgan fingerprint density at radius 1 is 1.00 bits per heavy atom. The number of rotatable bonds is 7. The van der Waals surface area contributed by atoms with E-state index in [1.165, 1.54) is 13.8 Å². The summed E-state index contributed by atoms with van der Waals surface area (Å²) in [5.74, 6) is 0.00836. The molecule has 0 atom stereocenters. The van der Waals surface area contributed by atoms with Crippen LogP contribution >= 0.6 is 0 Å². The van der Waals surface area contributed by atoms with Crippen molar-refractivity contribution in [2.75, 3.05) is 39.8 Å². The number of amides is 2. The van der Waals surface area contributed by atoms with Gasteiger partial charge in [0.1, 0.15) is 0 Å². The first kappa shape index (κ1) is 14.9. The zero-order valence-electron chi connectivity index (χ0n) is 10.8. The second kappa shape index (κ2) is 7.22. The summed E-state index contributed by atoms with van der Waals surface area (Å²) in [5, 5.41) is 5.59. The van der Waals surface area contributed by atoms with Gasteiger partial charge in [0.15, 0.2) is 0 Å². The average molecular weight is 230 g/mol. The normalized spacial score (nSPS) is 11.0. The Morgan fingerprint density at radius 2 is 1.38 bits per heavy atom. The molecule has 0 bridgehead atoms. The number of hydrogen-bond donors (Lipinski definition) is 2. The fourth-order valence-corrected chi connectivity index (χ4v) is 1.43. The van der Waals surface area contributed by atoms with Crippen LogP contribution in [0.3, 0.4) is 0 Å². The van der Waals surface area contributed by atoms with Crippen molar-refractivity contribution in [2.45, 2.75) is 20.8 Å². The highest BCUT2D eigenvalue weighted by molar-refractivity contribution is 5.73. The molecule has 0 unspecified atom stereocenters. The van der Waals surface area contributed by atoms with E-state index in [4.69, 9.17) is 0 Å². The van der Waals surface area contributed by atoms with Crippen molar-refractivity contribution >= 4 is 11.8 Å². The van der Waals surface area contributed by atoms with E-state index in [1.54, 1.807) is 0 Å². The number of carbonyl (C=O) groups is 2. The van der Waals surface area contributed by atoms with Gasteiger partial charge in [-0.1, -0.05) is 0 Å². The molecule has 0 saturated heterocycles. The summed E-state index contributed by atoms with van der Waals surface area (Å²) in [6, 6.07) is 0. The molecule has 0 aliphatic carbocycles. The van der Waals surface area contributed by atoms with Gasteiger partial charge in [-0.3, -0.25) is 9.59 Å². The fourth-order valence-electron chi connectivity index (χ4n) is 1.43. The monoisotopic (exact) mass is 230 g/mol. The topological polar surface area (TPSA) is 58.2 Å². The number of nitrogens with zero attached hydrogens (tertiary/aromatic N) is 1. The molecule has 0 aromatic carbocycles. The zero-order valence-corrected chi connectivity index (χ0v) is 10.8. The standard InChI is InChI=1S/C11H23N3O2/c1-5-14(4,8-6-12-10(2)15)9-7-13-11(3)16/h5-9H2,1-4H3,(H-,12,13,15,16)/p+1. The van der Waals surface area contributed by atoms with Crippen LogP contribution < -0.4 is 10.6 Å². The minimum Gasteiger partial charge on any atom is -0.351 e. The van der Waals surface area contributed by atoms with Gasteiger partial charge in [-0.2, -0.15) is 0 Å². The molecule has 0 saturated carbocycles. The Balaban J connectivity index is 3.90. The Bertz CT molecular complexity index is 221. The van der Waals surface area contributed by atoms with Crippen LogP contribution in [0, 0.1) is 0 Å². The van der Waals surface area contributed by atoms with Crippen LogP contribution in [0.1, 0.15) is 20.8 Å². The zero-order chi connectivity index (χ0) is 12.6. The fraction of sp³-hybridized carbons (Fsp3) is 0.818. The van der Waals surface area contributed by atoms with Crippen molar-refractivity contribution < 1.29 is 14.1 Å². The summed E-state index contributed by atoms with van der Waals surface area (Å²) in [7, 11) is 2.13. The predicted octanol–water partition coefficient (Wildman–Crippen LogP) is -0.275. The van der Waals surface area contributed by atoms with Crippen LogP contribution in [0.2, 0.25) is 0 Å². The van der Waals surface area contributed by atoms with Gasteiger partial charge >= 0.3 is 0 Å². The van der Waals surface area contributed by atoms with Gasteiger partial charge in [0.2, 0.25) is 11.8 Å². The van der Waals surface area contributed by atoms with Crippen molar-refractivity contribution in [1.29, 1.82) is 0 Å². The quantitative estimate of drug-likeness (QED) is 0.591. The lowest BCUT2D eigenvalue weighted by molar-refractivity contribution is -0.905. The SMILES string of the molecule is CC[N+](C)(CCNC(C)=O)CCNC(C)=O. The first-order valence-electron chi connectivity index (χ1n) is 5.72. The van der Waals surface area contributed by atoms with Gasteiger partial charge in [0, 0.05) is 13.8 Å². The van der Waals surface area contributed by atoms with Gasteiger partial charge in [0.05, 0.1) is 39.8 Å². The molecule has 2 N–H and O–H groups in total. The molecule has 0 spiro atoms. The highest BCUT2D eigenvalue weighted by Crippen LogP contribution is 1.99. The first-order chi connectivity index (χ1) is 7.39. The molecule has 5 nitrogen and oxygen atoms in total. The van der Waals surface area contributed by atoms with Crippen LogP contribution in [0.25, 0.3) is 0 Å². The Morgan fingerprint density at radius 3 is 1.62 bits per heavy atom. The van der Waals surface area contributed by atoms with E-state index in [9.17, 15) is 9.59 Å². The van der Waals surface area contributed by atoms with Crippen LogP contribution in [0.5, 0.6) is 0 Å². The molecule has 0 fully saturated rings. The van der Waals surface area contributed by atoms with Gasteiger partial charge in [0.25, 0.3) is 0 Å². The van der Waals surface area contributed by atoms with E-state index >= 15 is 0 Å². The van der Waals surface area contributed by atoms with Gasteiger partial charge in [-0.05, 0) is 6.92 Å². The summed E-state index contributed by atoms with van der Waals surface area (Å²) in [4.78, 5) is 21.5. The van der Waals surface area contributed by atoms with Crippen LogP contribution in [0.4, 0.5) is 0 Å². The highest BCUT2D eigenvalue weighted by Gasteiger charge is 2.18. The summed E-state index contributed by atoms with van der Waals surface area (Å²) < 4.78 is 0.848. The minimum absolute atomic E-state index is 0.00418. The van der Waals surface area contributed by atoms with E-state index < -0.39 is 0 Å². The van der Waals surface area contributed by atoms with E-state index in [1.807, 2.05) is 0 Å². The van der Waals surface area contributed by atoms with Crippen LogP contribution in [0.15, 0.2) is 0 Å². The second-order valence-corrected chi connectivity index (χ2v) is 4.35. The average Bonchev–Trinajstić information content (AvgIpc) is 2.16. The van der Waals surface area contributed by atoms with Crippen molar-refractivity contribution in [3.05, 3.63) is 0 Å². The molecule has 0 rings (SSSR count). The van der Waals surface area contributed by atoms with Crippen molar-refractivity contribution in [3.63, 3.8) is 0 Å². The second-order valence-electron chi connectivity index (χ2n) is 4.35. The molecule has 0 heterocycles. The van der Waals surface area contributed by atoms with Gasteiger partial charge < -0.3 is 15.1 Å². The number of hydrogen-bond acceptors (Lipinski definition) is 2. The predicted molar refractivity (Wildman–Crippen MR) is 63.8 cm³/mol. The first-order valence-corrected chi connectivity index (χ1v) is 5.72.